The zero-order valence-corrected chi connectivity index (χ0v) is 14.4. The molecule has 1 heterocycles. The maximum atomic E-state index is 13.4. The molecule has 2 aromatic rings. The summed E-state index contributed by atoms with van der Waals surface area (Å²) in [5, 5.41) is 9.60. The maximum Gasteiger partial charge on any atom is 0.253 e. The SMILES string of the molecule is CCN([C@H](CO)c1cc(F)cc(F)c1)S(=O)(=O)c1ccc(Cl)s1. The molecule has 2 rings (SSSR count). The van der Waals surface area contributed by atoms with Crippen LogP contribution in [-0.4, -0.2) is 31.0 Å². The smallest absolute Gasteiger partial charge is 0.253 e. The number of aliphatic hydroxyl groups excluding tert-OH is 1. The van der Waals surface area contributed by atoms with Crippen molar-refractivity contribution in [1.29, 1.82) is 0 Å². The average Bonchev–Trinajstić information content (AvgIpc) is 2.90. The van der Waals surface area contributed by atoms with Gasteiger partial charge in [-0.15, -0.1) is 11.3 Å². The summed E-state index contributed by atoms with van der Waals surface area (Å²) in [7, 11) is -3.95. The highest BCUT2D eigenvalue weighted by Crippen LogP contribution is 2.33. The zero-order valence-electron chi connectivity index (χ0n) is 12.0. The van der Waals surface area contributed by atoms with Crippen LogP contribution in [-0.2, 0) is 10.0 Å². The largest absolute Gasteiger partial charge is 0.394 e. The second-order valence-corrected chi connectivity index (χ2v) is 8.50. The number of sulfonamides is 1. The van der Waals surface area contributed by atoms with Crippen LogP contribution in [0, 0.1) is 11.6 Å². The van der Waals surface area contributed by atoms with Crippen molar-refractivity contribution in [1.82, 2.24) is 4.31 Å². The summed E-state index contributed by atoms with van der Waals surface area (Å²) in [4.78, 5) is 0. The van der Waals surface area contributed by atoms with Gasteiger partial charge in [0.05, 0.1) is 17.0 Å². The van der Waals surface area contributed by atoms with Crippen LogP contribution >= 0.6 is 22.9 Å². The van der Waals surface area contributed by atoms with Crippen molar-refractivity contribution in [2.24, 2.45) is 0 Å². The Labute approximate surface area is 142 Å². The van der Waals surface area contributed by atoms with Gasteiger partial charge >= 0.3 is 0 Å². The summed E-state index contributed by atoms with van der Waals surface area (Å²) >= 11 is 6.65. The van der Waals surface area contributed by atoms with E-state index in [9.17, 15) is 22.3 Å². The van der Waals surface area contributed by atoms with Gasteiger partial charge in [0.1, 0.15) is 15.8 Å². The van der Waals surface area contributed by atoms with E-state index in [0.717, 1.165) is 27.8 Å². The molecule has 1 N–H and O–H groups in total. The molecule has 0 radical (unpaired) electrons. The highest BCUT2D eigenvalue weighted by Gasteiger charge is 2.32. The molecular weight excluding hydrogens is 368 g/mol. The van der Waals surface area contributed by atoms with Crippen LogP contribution in [0.3, 0.4) is 0 Å². The van der Waals surface area contributed by atoms with Crippen LogP contribution in [0.4, 0.5) is 8.78 Å². The summed E-state index contributed by atoms with van der Waals surface area (Å²) in [5.41, 5.74) is 0.0399. The second-order valence-electron chi connectivity index (χ2n) is 4.67. The molecule has 0 aliphatic heterocycles. The molecule has 0 fully saturated rings. The van der Waals surface area contributed by atoms with E-state index in [1.165, 1.54) is 12.1 Å². The van der Waals surface area contributed by atoms with E-state index in [4.69, 9.17) is 11.6 Å². The molecule has 126 valence electrons. The number of benzene rings is 1. The lowest BCUT2D eigenvalue weighted by atomic mass is 10.1. The predicted octanol–water partition coefficient (Wildman–Crippen LogP) is 3.42. The minimum atomic E-state index is -3.95. The lowest BCUT2D eigenvalue weighted by Gasteiger charge is -2.28. The van der Waals surface area contributed by atoms with Gasteiger partial charge in [-0.1, -0.05) is 18.5 Å². The molecule has 1 atom stereocenters. The molecule has 0 bridgehead atoms. The Morgan fingerprint density at radius 3 is 2.30 bits per heavy atom. The monoisotopic (exact) mass is 381 g/mol. The topological polar surface area (TPSA) is 57.6 Å². The molecule has 1 aromatic heterocycles. The molecule has 0 unspecified atom stereocenters. The molecule has 0 saturated heterocycles. The van der Waals surface area contributed by atoms with Gasteiger partial charge in [-0.3, -0.25) is 0 Å². The van der Waals surface area contributed by atoms with Crippen molar-refractivity contribution >= 4 is 33.0 Å². The number of aliphatic hydroxyl groups is 1. The van der Waals surface area contributed by atoms with Gasteiger partial charge in [0.25, 0.3) is 10.0 Å². The highest BCUT2D eigenvalue weighted by molar-refractivity contribution is 7.91. The van der Waals surface area contributed by atoms with Crippen LogP contribution in [0.2, 0.25) is 4.34 Å². The Kier molecular flexibility index (Phi) is 5.74. The highest BCUT2D eigenvalue weighted by atomic mass is 35.5. The van der Waals surface area contributed by atoms with Crippen molar-refractivity contribution in [2.75, 3.05) is 13.2 Å². The number of rotatable bonds is 6. The van der Waals surface area contributed by atoms with Gasteiger partial charge in [0.15, 0.2) is 0 Å². The Bertz CT molecular complexity index is 775. The van der Waals surface area contributed by atoms with E-state index < -0.39 is 34.3 Å². The fourth-order valence-electron chi connectivity index (χ4n) is 2.24. The van der Waals surface area contributed by atoms with Crippen LogP contribution in [0.1, 0.15) is 18.5 Å². The van der Waals surface area contributed by atoms with Gasteiger partial charge in [0.2, 0.25) is 0 Å². The molecule has 0 amide bonds. The summed E-state index contributed by atoms with van der Waals surface area (Å²) in [6, 6.07) is 4.39. The number of likely N-dealkylation sites (N-methyl/N-ethyl adjacent to an activating group) is 1. The predicted molar refractivity (Wildman–Crippen MR) is 85.1 cm³/mol. The number of hydrogen-bond acceptors (Lipinski definition) is 4. The molecule has 4 nitrogen and oxygen atoms in total. The maximum absolute atomic E-state index is 13.4. The third-order valence-electron chi connectivity index (χ3n) is 3.21. The second kappa shape index (κ2) is 7.23. The zero-order chi connectivity index (χ0) is 17.2. The third kappa shape index (κ3) is 3.89. The summed E-state index contributed by atoms with van der Waals surface area (Å²) in [6.07, 6.45) is 0. The Hall–Kier alpha value is -1.06. The van der Waals surface area contributed by atoms with Crippen LogP contribution in [0.25, 0.3) is 0 Å². The van der Waals surface area contributed by atoms with Gasteiger partial charge in [0, 0.05) is 12.6 Å². The van der Waals surface area contributed by atoms with E-state index in [2.05, 4.69) is 0 Å². The standard InChI is InChI=1S/C14H14ClF2NO3S2/c1-2-18(23(20,21)14-4-3-13(15)22-14)12(8-19)9-5-10(16)7-11(17)6-9/h3-7,12,19H,2,8H2,1H3/t12-/m1/s1. The first-order valence-electron chi connectivity index (χ1n) is 6.63. The summed E-state index contributed by atoms with van der Waals surface area (Å²) in [6.45, 7) is 0.974. The summed E-state index contributed by atoms with van der Waals surface area (Å²) < 4.78 is 53.5. The first-order valence-corrected chi connectivity index (χ1v) is 9.27. The molecule has 0 saturated carbocycles. The lowest BCUT2D eigenvalue weighted by molar-refractivity contribution is 0.191. The fraction of sp³-hybridized carbons (Fsp3) is 0.286. The van der Waals surface area contributed by atoms with Crippen molar-refractivity contribution in [3.8, 4) is 0 Å². The van der Waals surface area contributed by atoms with Crippen LogP contribution in [0.5, 0.6) is 0 Å². The van der Waals surface area contributed by atoms with Crippen molar-refractivity contribution in [3.63, 3.8) is 0 Å². The van der Waals surface area contributed by atoms with E-state index in [0.29, 0.717) is 10.4 Å². The number of nitrogens with zero attached hydrogens (tertiary/aromatic N) is 1. The van der Waals surface area contributed by atoms with Gasteiger partial charge in [-0.25, -0.2) is 17.2 Å². The van der Waals surface area contributed by atoms with Gasteiger partial charge in [-0.2, -0.15) is 4.31 Å². The minimum Gasteiger partial charge on any atom is -0.394 e. The summed E-state index contributed by atoms with van der Waals surface area (Å²) in [5.74, 6) is -1.68. The molecule has 0 spiro atoms. The molecule has 23 heavy (non-hydrogen) atoms. The van der Waals surface area contributed by atoms with Gasteiger partial charge < -0.3 is 5.11 Å². The quantitative estimate of drug-likeness (QED) is 0.834. The number of hydrogen-bond donors (Lipinski definition) is 1. The normalized spacial score (nSPS) is 13.5. The van der Waals surface area contributed by atoms with Crippen LogP contribution < -0.4 is 0 Å². The Balaban J connectivity index is 2.48. The van der Waals surface area contributed by atoms with Crippen molar-refractivity contribution in [3.05, 3.63) is 51.9 Å². The average molecular weight is 382 g/mol. The molecule has 0 aliphatic rings. The van der Waals surface area contributed by atoms with Crippen molar-refractivity contribution < 1.29 is 22.3 Å². The number of halogens is 3. The number of thiophene rings is 1. The van der Waals surface area contributed by atoms with E-state index in [1.807, 2.05) is 0 Å². The fourth-order valence-corrected chi connectivity index (χ4v) is 5.47. The molecule has 0 aliphatic carbocycles. The van der Waals surface area contributed by atoms with Crippen molar-refractivity contribution in [2.45, 2.75) is 17.2 Å². The molecule has 1 aromatic carbocycles. The first-order chi connectivity index (χ1) is 10.8. The molecular formula is C14H14ClF2NO3S2. The van der Waals surface area contributed by atoms with E-state index in [-0.39, 0.29) is 16.3 Å². The lowest BCUT2D eigenvalue weighted by Crippen LogP contribution is -2.36. The first kappa shape index (κ1) is 18.3. The van der Waals surface area contributed by atoms with Gasteiger partial charge in [-0.05, 0) is 29.8 Å². The van der Waals surface area contributed by atoms with E-state index in [1.54, 1.807) is 6.92 Å². The minimum absolute atomic E-state index is 0.000301. The van der Waals surface area contributed by atoms with E-state index >= 15 is 0 Å². The Morgan fingerprint density at radius 1 is 1.26 bits per heavy atom. The third-order valence-corrected chi connectivity index (χ3v) is 6.90. The van der Waals surface area contributed by atoms with Crippen LogP contribution in [0.15, 0.2) is 34.5 Å². The molecule has 9 heteroatoms. The Morgan fingerprint density at radius 2 is 1.87 bits per heavy atom.